The summed E-state index contributed by atoms with van der Waals surface area (Å²) < 4.78 is 54.1. The second-order valence-electron chi connectivity index (χ2n) is 7.05. The first kappa shape index (κ1) is 21.6. The van der Waals surface area contributed by atoms with E-state index in [0.717, 1.165) is 11.1 Å². The summed E-state index contributed by atoms with van der Waals surface area (Å²) in [7, 11) is -8.47. The van der Waals surface area contributed by atoms with Crippen molar-refractivity contribution >= 4 is 20.0 Å². The first-order valence-corrected chi connectivity index (χ1v) is 11.7. The zero-order chi connectivity index (χ0) is 20.7. The topological polar surface area (TPSA) is 71.5 Å². The van der Waals surface area contributed by atoms with Gasteiger partial charge in [0.25, 0.3) is 20.0 Å². The van der Waals surface area contributed by atoms with Crippen LogP contribution in [-0.4, -0.2) is 27.1 Å². The first-order valence-electron chi connectivity index (χ1n) is 8.77. The molecule has 0 amide bonds. The summed E-state index contributed by atoms with van der Waals surface area (Å²) in [6.45, 7) is 11.9. The van der Waals surface area contributed by atoms with Crippen LogP contribution in [0, 0.1) is 41.5 Å². The van der Waals surface area contributed by atoms with Gasteiger partial charge in [0.15, 0.2) is 0 Å². The van der Waals surface area contributed by atoms with E-state index in [1.807, 2.05) is 13.8 Å². The largest absolute Gasteiger partial charge is 0.256 e. The molecule has 0 aliphatic rings. The SMILES string of the molecule is CCN(S(=O)(=O)c1c(C)cc(C)cc1C)S(=O)(=O)c1c(C)cc(C)cc1C. The van der Waals surface area contributed by atoms with Crippen molar-refractivity contribution in [2.75, 3.05) is 6.54 Å². The molecule has 0 aromatic heterocycles. The molecule has 2 aromatic rings. The smallest absolute Gasteiger partial charge is 0.206 e. The number of nitrogens with zero attached hydrogens (tertiary/aromatic N) is 1. The Hall–Kier alpha value is -1.70. The molecule has 0 aliphatic carbocycles. The fourth-order valence-electron chi connectivity index (χ4n) is 3.82. The molecule has 0 heterocycles. The molecule has 148 valence electrons. The third-order valence-corrected chi connectivity index (χ3v) is 9.61. The average molecular weight is 410 g/mol. The van der Waals surface area contributed by atoms with Gasteiger partial charge in [-0.1, -0.05) is 46.0 Å². The number of hydrogen-bond acceptors (Lipinski definition) is 4. The van der Waals surface area contributed by atoms with Gasteiger partial charge in [0.1, 0.15) is 0 Å². The molecule has 0 aliphatic heterocycles. The Morgan fingerprint density at radius 1 is 0.630 bits per heavy atom. The van der Waals surface area contributed by atoms with Crippen molar-refractivity contribution in [3.05, 3.63) is 57.6 Å². The molecule has 0 saturated carbocycles. The Balaban J connectivity index is 2.77. The number of rotatable bonds is 5. The van der Waals surface area contributed by atoms with Crippen molar-refractivity contribution in [1.29, 1.82) is 0 Å². The fraction of sp³-hybridized carbons (Fsp3) is 0.400. The number of hydrogen-bond donors (Lipinski definition) is 0. The maximum atomic E-state index is 13.4. The minimum absolute atomic E-state index is 0.0564. The zero-order valence-corrected chi connectivity index (χ0v) is 18.5. The normalized spacial score (nSPS) is 12.6. The van der Waals surface area contributed by atoms with Gasteiger partial charge in [-0.3, -0.25) is 0 Å². The lowest BCUT2D eigenvalue weighted by atomic mass is 10.1. The second-order valence-corrected chi connectivity index (χ2v) is 10.9. The number of aryl methyl sites for hydroxylation is 6. The lowest BCUT2D eigenvalue weighted by Crippen LogP contribution is -2.38. The maximum absolute atomic E-state index is 13.4. The molecule has 0 spiro atoms. The van der Waals surface area contributed by atoms with Crippen LogP contribution in [0.25, 0.3) is 0 Å². The molecule has 0 unspecified atom stereocenters. The first-order chi connectivity index (χ1) is 12.3. The highest BCUT2D eigenvalue weighted by Gasteiger charge is 2.38. The Labute approximate surface area is 163 Å². The molecule has 5 nitrogen and oxygen atoms in total. The molecule has 2 aromatic carbocycles. The summed E-state index contributed by atoms with van der Waals surface area (Å²) in [5.74, 6) is 0. The van der Waals surface area contributed by atoms with Crippen LogP contribution in [0.5, 0.6) is 0 Å². The van der Waals surface area contributed by atoms with Crippen molar-refractivity contribution in [3.63, 3.8) is 0 Å². The number of sulfonamides is 2. The maximum Gasteiger partial charge on any atom is 0.256 e. The van der Waals surface area contributed by atoms with Crippen molar-refractivity contribution in [1.82, 2.24) is 3.71 Å². The van der Waals surface area contributed by atoms with Crippen molar-refractivity contribution in [3.8, 4) is 0 Å². The molecule has 7 heteroatoms. The molecule has 2 rings (SSSR count). The van der Waals surface area contributed by atoms with E-state index < -0.39 is 20.0 Å². The molecule has 0 atom stereocenters. The van der Waals surface area contributed by atoms with Gasteiger partial charge in [-0.2, -0.15) is 0 Å². The summed E-state index contributed by atoms with van der Waals surface area (Å²) in [4.78, 5) is 0.113. The van der Waals surface area contributed by atoms with Gasteiger partial charge in [-0.15, -0.1) is 0 Å². The zero-order valence-electron chi connectivity index (χ0n) is 16.9. The van der Waals surface area contributed by atoms with Crippen molar-refractivity contribution in [2.24, 2.45) is 0 Å². The predicted molar refractivity (Wildman–Crippen MR) is 108 cm³/mol. The van der Waals surface area contributed by atoms with Gasteiger partial charge >= 0.3 is 0 Å². The molecular weight excluding hydrogens is 382 g/mol. The van der Waals surface area contributed by atoms with E-state index in [1.165, 1.54) is 6.92 Å². The second kappa shape index (κ2) is 7.37. The summed E-state index contributed by atoms with van der Waals surface area (Å²) >= 11 is 0. The minimum Gasteiger partial charge on any atom is -0.206 e. The Bertz CT molecular complexity index is 967. The average Bonchev–Trinajstić information content (AvgIpc) is 2.43. The van der Waals surface area contributed by atoms with Crippen LogP contribution >= 0.6 is 0 Å². The van der Waals surface area contributed by atoms with Crippen LogP contribution in [0.15, 0.2) is 34.1 Å². The van der Waals surface area contributed by atoms with Crippen molar-refractivity contribution in [2.45, 2.75) is 58.3 Å². The van der Waals surface area contributed by atoms with Crippen LogP contribution in [0.2, 0.25) is 0 Å². The summed E-state index contributed by atoms with van der Waals surface area (Å²) in [6.07, 6.45) is 0. The highest BCUT2D eigenvalue weighted by atomic mass is 32.3. The van der Waals surface area contributed by atoms with E-state index in [9.17, 15) is 16.8 Å². The van der Waals surface area contributed by atoms with Gasteiger partial charge in [0, 0.05) is 6.54 Å². The van der Waals surface area contributed by atoms with Crippen LogP contribution in [0.1, 0.15) is 40.3 Å². The van der Waals surface area contributed by atoms with Crippen LogP contribution in [0.3, 0.4) is 0 Å². The van der Waals surface area contributed by atoms with Crippen LogP contribution in [-0.2, 0) is 20.0 Å². The summed E-state index contributed by atoms with van der Waals surface area (Å²) in [5.41, 5.74) is 4.02. The van der Waals surface area contributed by atoms with Crippen LogP contribution in [0.4, 0.5) is 0 Å². The Morgan fingerprint density at radius 3 is 1.11 bits per heavy atom. The van der Waals surface area contributed by atoms with Gasteiger partial charge in [-0.25, -0.2) is 16.8 Å². The standard InChI is InChI=1S/C20H27NO4S2/c1-8-21(26(22,23)19-15(4)9-13(2)10-16(19)5)27(24,25)20-17(6)11-14(3)12-18(20)7/h9-12H,8H2,1-7H3. The summed E-state index contributed by atoms with van der Waals surface area (Å²) in [5, 5.41) is 0. The van der Waals surface area contributed by atoms with Gasteiger partial charge in [0.2, 0.25) is 0 Å². The molecule has 0 N–H and O–H groups in total. The lowest BCUT2D eigenvalue weighted by Gasteiger charge is -2.24. The molecule has 27 heavy (non-hydrogen) atoms. The van der Waals surface area contributed by atoms with Gasteiger partial charge < -0.3 is 0 Å². The summed E-state index contributed by atoms with van der Waals surface area (Å²) in [6, 6.07) is 7.01. The quantitative estimate of drug-likeness (QED) is 0.750. The van der Waals surface area contributed by atoms with E-state index in [1.54, 1.807) is 52.0 Å². The lowest BCUT2D eigenvalue weighted by molar-refractivity contribution is 0.504. The highest BCUT2D eigenvalue weighted by molar-refractivity contribution is 8.04. The van der Waals surface area contributed by atoms with E-state index in [2.05, 4.69) is 0 Å². The predicted octanol–water partition coefficient (Wildman–Crippen LogP) is 3.94. The van der Waals surface area contributed by atoms with Gasteiger partial charge in [-0.05, 0) is 63.8 Å². The molecule has 0 radical (unpaired) electrons. The highest BCUT2D eigenvalue weighted by Crippen LogP contribution is 2.32. The minimum atomic E-state index is -4.23. The van der Waals surface area contributed by atoms with E-state index in [4.69, 9.17) is 0 Å². The third kappa shape index (κ3) is 3.81. The van der Waals surface area contributed by atoms with E-state index >= 15 is 0 Å². The van der Waals surface area contributed by atoms with Crippen molar-refractivity contribution < 1.29 is 16.8 Å². The molecule has 0 bridgehead atoms. The molecule has 0 saturated heterocycles. The van der Waals surface area contributed by atoms with Crippen LogP contribution < -0.4 is 0 Å². The van der Waals surface area contributed by atoms with E-state index in [0.29, 0.717) is 26.0 Å². The van der Waals surface area contributed by atoms with Gasteiger partial charge in [0.05, 0.1) is 9.79 Å². The van der Waals surface area contributed by atoms with E-state index in [-0.39, 0.29) is 16.3 Å². The monoisotopic (exact) mass is 409 g/mol. The number of benzene rings is 2. The third-order valence-electron chi connectivity index (χ3n) is 4.52. The molecular formula is C20H27NO4S2. The Kier molecular flexibility index (Phi) is 5.90. The fourth-order valence-corrected chi connectivity index (χ4v) is 8.25. The molecule has 0 fully saturated rings. The Morgan fingerprint density at radius 2 is 0.889 bits per heavy atom.